The average Bonchev–Trinajstić information content (AvgIpc) is 2.76. The Morgan fingerprint density at radius 2 is 0.871 bits per heavy atom. The molecule has 0 aromatic heterocycles. The Morgan fingerprint density at radius 1 is 0.516 bits per heavy atom. The molecule has 0 atom stereocenters. The van der Waals surface area contributed by atoms with Crippen LogP contribution in [0.25, 0.3) is 0 Å². The summed E-state index contributed by atoms with van der Waals surface area (Å²) in [4.78, 5) is 0. The van der Waals surface area contributed by atoms with E-state index >= 15 is 0 Å². The van der Waals surface area contributed by atoms with Gasteiger partial charge in [0, 0.05) is 0 Å². The van der Waals surface area contributed by atoms with Crippen LogP contribution < -0.4 is 0 Å². The maximum absolute atomic E-state index is 14.1. The standard InChI is InChI=1S/C25H56O4P2/c1-7-13-19-25-31(22-16-10-4,23-17-11-5,24-18-12-6)29-30(26,27-20-14-8-2)28-21-15-9-3/h7-25H2,1-6H3. The first-order chi connectivity index (χ1) is 14.9. The molecule has 0 unspecified atom stereocenters. The van der Waals surface area contributed by atoms with Crippen molar-refractivity contribution in [3.8, 4) is 0 Å². The molecule has 0 saturated heterocycles. The van der Waals surface area contributed by atoms with E-state index in [1.165, 1.54) is 12.8 Å². The van der Waals surface area contributed by atoms with Gasteiger partial charge in [-0.2, -0.15) is 0 Å². The van der Waals surface area contributed by atoms with Crippen LogP contribution in [-0.4, -0.2) is 37.9 Å². The average molecular weight is 483 g/mol. The second kappa shape index (κ2) is 17.9. The van der Waals surface area contributed by atoms with Gasteiger partial charge in [0.1, 0.15) is 0 Å². The summed E-state index contributed by atoms with van der Waals surface area (Å²) in [6.07, 6.45) is 18.5. The second-order valence-electron chi connectivity index (χ2n) is 9.42. The summed E-state index contributed by atoms with van der Waals surface area (Å²) in [7, 11) is -3.58. The molecule has 0 aliphatic rings. The number of phosphoric ester groups is 1. The summed E-state index contributed by atoms with van der Waals surface area (Å²) in [5.74, 6) is 0. The third-order valence-corrected chi connectivity index (χ3v) is 15.8. The summed E-state index contributed by atoms with van der Waals surface area (Å²) in [5, 5.41) is 0. The van der Waals surface area contributed by atoms with Gasteiger partial charge in [-0.25, -0.2) is 0 Å². The fraction of sp³-hybridized carbons (Fsp3) is 1.00. The van der Waals surface area contributed by atoms with Crippen molar-refractivity contribution in [3.05, 3.63) is 0 Å². The van der Waals surface area contributed by atoms with Crippen LogP contribution in [0, 0.1) is 0 Å². The van der Waals surface area contributed by atoms with Gasteiger partial charge >= 0.3 is 195 Å². The molecule has 4 nitrogen and oxygen atoms in total. The Bertz CT molecular complexity index is 432. The Balaban J connectivity index is 6.16. The zero-order valence-electron chi connectivity index (χ0n) is 22.0. The number of unbranched alkanes of at least 4 members (excludes halogenated alkanes) is 7. The van der Waals surface area contributed by atoms with Crippen molar-refractivity contribution in [2.24, 2.45) is 0 Å². The first-order valence-corrected chi connectivity index (χ1v) is 17.9. The SMILES string of the molecule is CCCCCP(CCCC)(CCCC)(CCCC)OP(=O)(OCCCC)OCCCC. The van der Waals surface area contributed by atoms with Gasteiger partial charge in [-0.05, 0) is 0 Å². The van der Waals surface area contributed by atoms with Crippen molar-refractivity contribution in [3.63, 3.8) is 0 Å². The molecule has 0 fully saturated rings. The first kappa shape index (κ1) is 31.5. The Labute approximate surface area is 195 Å². The maximum atomic E-state index is 14.1. The van der Waals surface area contributed by atoms with E-state index in [0.717, 1.165) is 95.3 Å². The summed E-state index contributed by atoms with van der Waals surface area (Å²) in [5.41, 5.74) is 0. The Kier molecular flexibility index (Phi) is 18.3. The van der Waals surface area contributed by atoms with Gasteiger partial charge in [-0.15, -0.1) is 0 Å². The summed E-state index contributed by atoms with van der Waals surface area (Å²) in [6, 6.07) is 0. The van der Waals surface area contributed by atoms with Crippen molar-refractivity contribution in [1.29, 1.82) is 0 Å². The van der Waals surface area contributed by atoms with Gasteiger partial charge in [-0.3, -0.25) is 0 Å². The Hall–Kier alpha value is 0.540. The molecule has 0 aliphatic carbocycles. The molecule has 0 amide bonds. The summed E-state index contributed by atoms with van der Waals surface area (Å²) in [6.45, 7) is 11.5. The van der Waals surface area contributed by atoms with E-state index in [2.05, 4.69) is 41.5 Å². The predicted molar refractivity (Wildman–Crippen MR) is 141 cm³/mol. The van der Waals surface area contributed by atoms with Crippen LogP contribution in [-0.2, 0) is 17.9 Å². The predicted octanol–water partition coefficient (Wildman–Crippen LogP) is 9.80. The fourth-order valence-electron chi connectivity index (χ4n) is 4.28. The van der Waals surface area contributed by atoms with Gasteiger partial charge in [0.25, 0.3) is 0 Å². The molecule has 0 radical (unpaired) electrons. The quantitative estimate of drug-likeness (QED) is 0.107. The van der Waals surface area contributed by atoms with Gasteiger partial charge in [0.05, 0.1) is 0 Å². The van der Waals surface area contributed by atoms with Gasteiger partial charge in [-0.1, -0.05) is 0 Å². The molecule has 0 rings (SSSR count). The molecule has 0 saturated carbocycles. The van der Waals surface area contributed by atoms with Crippen LogP contribution in [0.4, 0.5) is 0 Å². The van der Waals surface area contributed by atoms with Gasteiger partial charge < -0.3 is 0 Å². The molecule has 0 spiro atoms. The van der Waals surface area contributed by atoms with E-state index in [1.807, 2.05) is 0 Å². The molecule has 0 aliphatic heterocycles. The molecule has 0 aromatic rings. The summed E-state index contributed by atoms with van der Waals surface area (Å²) >= 11 is 0. The molecule has 6 heteroatoms. The third kappa shape index (κ3) is 12.5. The fourth-order valence-corrected chi connectivity index (χ4v) is 14.7. The zero-order valence-corrected chi connectivity index (χ0v) is 23.8. The van der Waals surface area contributed by atoms with Crippen molar-refractivity contribution >= 4 is 14.7 Å². The first-order valence-electron chi connectivity index (χ1n) is 13.5. The third-order valence-electron chi connectivity index (χ3n) is 6.38. The van der Waals surface area contributed by atoms with E-state index in [0.29, 0.717) is 13.2 Å². The monoisotopic (exact) mass is 482 g/mol. The molecule has 0 aromatic carbocycles. The van der Waals surface area contributed by atoms with Crippen LogP contribution in [0.5, 0.6) is 0 Å². The van der Waals surface area contributed by atoms with Crippen LogP contribution in [0.1, 0.15) is 125 Å². The molecule has 190 valence electrons. The molecule has 31 heavy (non-hydrogen) atoms. The molecular weight excluding hydrogens is 426 g/mol. The molecule has 0 heterocycles. The molecule has 0 N–H and O–H groups in total. The van der Waals surface area contributed by atoms with Crippen LogP contribution in [0.2, 0.25) is 0 Å². The Morgan fingerprint density at radius 3 is 1.23 bits per heavy atom. The minimum absolute atomic E-state index is 0.455. The number of hydrogen-bond acceptors (Lipinski definition) is 4. The van der Waals surface area contributed by atoms with E-state index in [4.69, 9.17) is 13.4 Å². The van der Waals surface area contributed by atoms with Gasteiger partial charge in [0.15, 0.2) is 0 Å². The van der Waals surface area contributed by atoms with Crippen LogP contribution in [0.15, 0.2) is 0 Å². The van der Waals surface area contributed by atoms with E-state index in [9.17, 15) is 4.57 Å². The van der Waals surface area contributed by atoms with E-state index in [1.54, 1.807) is 0 Å². The van der Waals surface area contributed by atoms with Crippen molar-refractivity contribution in [2.75, 3.05) is 37.9 Å². The van der Waals surface area contributed by atoms with Crippen molar-refractivity contribution in [1.82, 2.24) is 0 Å². The molecular formula is C25H56O4P2. The minimum atomic E-state index is -3.58. The van der Waals surface area contributed by atoms with Crippen LogP contribution in [0.3, 0.4) is 0 Å². The zero-order chi connectivity index (χ0) is 23.5. The van der Waals surface area contributed by atoms with Crippen LogP contribution >= 0.6 is 14.7 Å². The molecule has 0 bridgehead atoms. The number of rotatable bonds is 23. The summed E-state index contributed by atoms with van der Waals surface area (Å²) < 4.78 is 33.0. The topological polar surface area (TPSA) is 44.8 Å². The number of phosphoric acid groups is 1. The normalized spacial score (nSPS) is 13.9. The van der Waals surface area contributed by atoms with Crippen molar-refractivity contribution < 1.29 is 17.9 Å². The van der Waals surface area contributed by atoms with E-state index in [-0.39, 0.29) is 0 Å². The second-order valence-corrected chi connectivity index (χ2v) is 17.0. The van der Waals surface area contributed by atoms with Crippen molar-refractivity contribution in [2.45, 2.75) is 125 Å². The number of hydrogen-bond donors (Lipinski definition) is 0. The van der Waals surface area contributed by atoms with E-state index < -0.39 is 14.7 Å². The van der Waals surface area contributed by atoms with Gasteiger partial charge in [0.2, 0.25) is 0 Å².